The highest BCUT2D eigenvalue weighted by molar-refractivity contribution is 5.94. The van der Waals surface area contributed by atoms with Crippen LogP contribution >= 0.6 is 0 Å². The van der Waals surface area contributed by atoms with Gasteiger partial charge in [0.25, 0.3) is 5.91 Å². The quantitative estimate of drug-likeness (QED) is 0.242. The Morgan fingerprint density at radius 1 is 0.789 bits per heavy atom. The molecule has 0 fully saturated rings. The molecule has 6 nitrogen and oxygen atoms in total. The van der Waals surface area contributed by atoms with Crippen molar-refractivity contribution in [2.75, 3.05) is 13.7 Å². The van der Waals surface area contributed by atoms with Crippen LogP contribution in [0.25, 0.3) is 0 Å². The summed E-state index contributed by atoms with van der Waals surface area (Å²) in [6.45, 7) is 1.35. The van der Waals surface area contributed by atoms with Gasteiger partial charge in [-0.05, 0) is 59.5 Å². The lowest BCUT2D eigenvalue weighted by Gasteiger charge is -2.25. The minimum Gasteiger partial charge on any atom is -0.497 e. The second-order valence-electron chi connectivity index (χ2n) is 9.12. The van der Waals surface area contributed by atoms with Gasteiger partial charge in [0.05, 0.1) is 19.3 Å². The molecule has 4 aromatic carbocycles. The number of carbonyl (C=O) groups is 1. The summed E-state index contributed by atoms with van der Waals surface area (Å²) in [6, 6.07) is 34.1. The maximum atomic E-state index is 13.1. The van der Waals surface area contributed by atoms with Crippen molar-refractivity contribution in [2.24, 2.45) is 0 Å². The van der Waals surface area contributed by atoms with Crippen molar-refractivity contribution in [3.63, 3.8) is 0 Å². The van der Waals surface area contributed by atoms with Gasteiger partial charge in [0.15, 0.2) is 0 Å². The van der Waals surface area contributed by atoms with Gasteiger partial charge in [-0.25, -0.2) is 0 Å². The zero-order valence-corrected chi connectivity index (χ0v) is 21.5. The molecule has 0 bridgehead atoms. The van der Waals surface area contributed by atoms with E-state index in [2.05, 4.69) is 10.6 Å². The van der Waals surface area contributed by atoms with Gasteiger partial charge in [0.1, 0.15) is 18.1 Å². The predicted molar refractivity (Wildman–Crippen MR) is 149 cm³/mol. The number of benzene rings is 4. The first-order chi connectivity index (χ1) is 18.6. The maximum absolute atomic E-state index is 13.1. The Balaban J connectivity index is 1.36. The molecule has 2 atom stereocenters. The molecule has 6 heteroatoms. The highest BCUT2D eigenvalue weighted by Gasteiger charge is 2.22. The van der Waals surface area contributed by atoms with Gasteiger partial charge in [-0.1, -0.05) is 72.8 Å². The van der Waals surface area contributed by atoms with Gasteiger partial charge >= 0.3 is 0 Å². The monoisotopic (exact) mass is 510 g/mol. The molecule has 0 saturated heterocycles. The van der Waals surface area contributed by atoms with E-state index in [0.717, 1.165) is 22.4 Å². The van der Waals surface area contributed by atoms with Crippen molar-refractivity contribution in [2.45, 2.75) is 31.7 Å². The number of hydrogen-bond donors (Lipinski definition) is 3. The minimum absolute atomic E-state index is 0.243. The molecule has 3 N–H and O–H groups in total. The smallest absolute Gasteiger partial charge is 0.251 e. The molecular weight excluding hydrogens is 476 g/mol. The van der Waals surface area contributed by atoms with Crippen molar-refractivity contribution in [1.82, 2.24) is 10.6 Å². The van der Waals surface area contributed by atoms with Gasteiger partial charge < -0.3 is 25.2 Å². The Bertz CT molecular complexity index is 1260. The van der Waals surface area contributed by atoms with E-state index in [-0.39, 0.29) is 5.91 Å². The normalized spacial score (nSPS) is 12.4. The van der Waals surface area contributed by atoms with Crippen molar-refractivity contribution in [3.8, 4) is 11.5 Å². The molecule has 0 aliphatic heterocycles. The lowest BCUT2D eigenvalue weighted by molar-refractivity contribution is 0.0830. The fourth-order valence-corrected chi connectivity index (χ4v) is 4.14. The number of amides is 1. The van der Waals surface area contributed by atoms with Crippen LogP contribution in [-0.2, 0) is 19.6 Å². The van der Waals surface area contributed by atoms with Crippen LogP contribution < -0.4 is 20.1 Å². The van der Waals surface area contributed by atoms with E-state index in [4.69, 9.17) is 9.47 Å². The summed E-state index contributed by atoms with van der Waals surface area (Å²) in [7, 11) is 1.64. The zero-order valence-electron chi connectivity index (χ0n) is 21.5. The van der Waals surface area contributed by atoms with E-state index in [1.165, 1.54) is 0 Å². The summed E-state index contributed by atoms with van der Waals surface area (Å²) < 4.78 is 11.1. The average Bonchev–Trinajstić information content (AvgIpc) is 2.97. The van der Waals surface area contributed by atoms with Crippen LogP contribution in [0, 0.1) is 0 Å². The number of ether oxygens (including phenoxy) is 2. The summed E-state index contributed by atoms with van der Waals surface area (Å²) >= 11 is 0. The van der Waals surface area contributed by atoms with Crippen LogP contribution in [0.15, 0.2) is 109 Å². The van der Waals surface area contributed by atoms with Crippen LogP contribution in [0.2, 0.25) is 0 Å². The van der Waals surface area contributed by atoms with Gasteiger partial charge in [0, 0.05) is 18.7 Å². The van der Waals surface area contributed by atoms with E-state index in [9.17, 15) is 9.90 Å². The van der Waals surface area contributed by atoms with E-state index >= 15 is 0 Å². The van der Waals surface area contributed by atoms with Crippen molar-refractivity contribution >= 4 is 5.91 Å². The number of carbonyl (C=O) groups excluding carboxylic acids is 1. The lowest BCUT2D eigenvalue weighted by atomic mass is 10.0. The molecule has 0 heterocycles. The van der Waals surface area contributed by atoms with Gasteiger partial charge in [-0.2, -0.15) is 0 Å². The topological polar surface area (TPSA) is 79.8 Å². The SMILES string of the molecule is COc1cccc(CNC[C@H](O)[C@H](Cc2ccccc2)NC(=O)c2ccc(OCc3ccccc3)cc2)c1. The third kappa shape index (κ3) is 8.20. The third-order valence-electron chi connectivity index (χ3n) is 6.26. The fourth-order valence-electron chi connectivity index (χ4n) is 4.14. The average molecular weight is 511 g/mol. The Labute approximate surface area is 224 Å². The molecule has 0 unspecified atom stereocenters. The molecule has 0 saturated carbocycles. The number of methoxy groups -OCH3 is 1. The largest absolute Gasteiger partial charge is 0.497 e. The molecule has 0 radical (unpaired) electrons. The third-order valence-corrected chi connectivity index (χ3v) is 6.26. The summed E-state index contributed by atoms with van der Waals surface area (Å²) in [4.78, 5) is 13.1. The van der Waals surface area contributed by atoms with E-state index < -0.39 is 12.1 Å². The van der Waals surface area contributed by atoms with Gasteiger partial charge in [-0.15, -0.1) is 0 Å². The standard InChI is InChI=1S/C32H34N2O4/c1-37-29-14-8-13-26(19-29)21-33-22-31(35)30(20-24-9-4-2-5-10-24)34-32(36)27-15-17-28(18-16-27)38-23-25-11-6-3-7-12-25/h2-19,30-31,33,35H,20-23H2,1H3,(H,34,36)/t30-,31-/m0/s1. The predicted octanol–water partition coefficient (Wildman–Crippen LogP) is 4.77. The van der Waals surface area contributed by atoms with Crippen LogP contribution in [0.5, 0.6) is 11.5 Å². The van der Waals surface area contributed by atoms with Crippen LogP contribution in [-0.4, -0.2) is 36.8 Å². The van der Waals surface area contributed by atoms with E-state index in [0.29, 0.717) is 37.4 Å². The second-order valence-corrected chi connectivity index (χ2v) is 9.12. The highest BCUT2D eigenvalue weighted by Crippen LogP contribution is 2.16. The van der Waals surface area contributed by atoms with E-state index in [1.807, 2.05) is 84.9 Å². The van der Waals surface area contributed by atoms with Crippen molar-refractivity contribution in [1.29, 1.82) is 0 Å². The summed E-state index contributed by atoms with van der Waals surface area (Å²) in [6.07, 6.45) is -0.286. The van der Waals surface area contributed by atoms with Crippen LogP contribution in [0.1, 0.15) is 27.0 Å². The number of aliphatic hydroxyl groups excluding tert-OH is 1. The zero-order chi connectivity index (χ0) is 26.6. The first kappa shape index (κ1) is 26.9. The Morgan fingerprint density at radius 2 is 1.45 bits per heavy atom. The Morgan fingerprint density at radius 3 is 2.13 bits per heavy atom. The first-order valence-corrected chi connectivity index (χ1v) is 12.7. The summed E-state index contributed by atoms with van der Waals surface area (Å²) in [5, 5.41) is 17.4. The Kier molecular flexibility index (Phi) is 9.90. The molecule has 4 rings (SSSR count). The van der Waals surface area contributed by atoms with Crippen molar-refractivity contribution < 1.29 is 19.4 Å². The fraction of sp³-hybridized carbons (Fsp3) is 0.219. The lowest BCUT2D eigenvalue weighted by Crippen LogP contribution is -2.48. The van der Waals surface area contributed by atoms with Gasteiger partial charge in [-0.3, -0.25) is 4.79 Å². The molecular formula is C32H34N2O4. The summed E-state index contributed by atoms with van der Waals surface area (Å²) in [5.41, 5.74) is 3.67. The van der Waals surface area contributed by atoms with Gasteiger partial charge in [0.2, 0.25) is 0 Å². The number of rotatable bonds is 13. The molecule has 0 aliphatic carbocycles. The molecule has 0 spiro atoms. The van der Waals surface area contributed by atoms with Crippen molar-refractivity contribution in [3.05, 3.63) is 131 Å². The van der Waals surface area contributed by atoms with Crippen LogP contribution in [0.3, 0.4) is 0 Å². The highest BCUT2D eigenvalue weighted by atomic mass is 16.5. The first-order valence-electron chi connectivity index (χ1n) is 12.7. The Hall–Kier alpha value is -4.13. The van der Waals surface area contributed by atoms with Crippen LogP contribution in [0.4, 0.5) is 0 Å². The molecule has 0 aliphatic rings. The minimum atomic E-state index is -0.793. The number of aliphatic hydroxyl groups is 1. The second kappa shape index (κ2) is 14.0. The molecule has 0 aromatic heterocycles. The molecule has 4 aromatic rings. The maximum Gasteiger partial charge on any atom is 0.251 e. The molecule has 38 heavy (non-hydrogen) atoms. The summed E-state index contributed by atoms with van der Waals surface area (Å²) in [5.74, 6) is 1.23. The molecule has 196 valence electrons. The number of nitrogens with one attached hydrogen (secondary N) is 2. The molecule has 1 amide bonds. The van der Waals surface area contributed by atoms with E-state index in [1.54, 1.807) is 31.4 Å². The number of hydrogen-bond acceptors (Lipinski definition) is 5.